The van der Waals surface area contributed by atoms with Crippen LogP contribution in [0, 0.1) is 0 Å². The van der Waals surface area contributed by atoms with Gasteiger partial charge in [-0.15, -0.1) is 0 Å². The predicted octanol–water partition coefficient (Wildman–Crippen LogP) is -0.275. The quantitative estimate of drug-likeness (QED) is 0.411. The first kappa shape index (κ1) is 10.1. The van der Waals surface area contributed by atoms with Crippen molar-refractivity contribution in [2.45, 2.75) is 6.04 Å². The lowest BCUT2D eigenvalue weighted by molar-refractivity contribution is -0.142. The monoisotopic (exact) mass is 179 g/mol. The van der Waals surface area contributed by atoms with Crippen LogP contribution < -0.4 is 5.32 Å². The fraction of sp³-hybridized carbons (Fsp3) is 0.600. The Balaban J connectivity index is 3.94. The number of methoxy groups -OCH3 is 1. The van der Waals surface area contributed by atoms with Crippen molar-refractivity contribution in [1.29, 1.82) is 0 Å². The maximum absolute atomic E-state index is 10.7. The molecule has 64 valence electrons. The number of esters is 1. The second-order valence-corrected chi connectivity index (χ2v) is 2.07. The molecule has 11 heavy (non-hydrogen) atoms. The van der Waals surface area contributed by atoms with E-state index in [0.717, 1.165) is 0 Å². The molecule has 1 unspecified atom stereocenters. The lowest BCUT2D eigenvalue weighted by Gasteiger charge is -2.10. The third-order valence-corrected chi connectivity index (χ3v) is 1.33. The summed E-state index contributed by atoms with van der Waals surface area (Å²) in [5, 5.41) is 10.2. The average molecular weight is 179 g/mol. The minimum atomic E-state index is -1.27. The topological polar surface area (TPSA) is 75.6 Å². The van der Waals surface area contributed by atoms with Crippen LogP contribution in [0.15, 0.2) is 0 Å². The van der Waals surface area contributed by atoms with E-state index in [0.29, 0.717) is 0 Å². The molecule has 0 aliphatic rings. The second kappa shape index (κ2) is 4.84. The molecule has 0 aliphatic carbocycles. The van der Waals surface area contributed by atoms with E-state index in [9.17, 15) is 9.59 Å². The second-order valence-electron chi connectivity index (χ2n) is 1.71. The molecular formula is C5H9NO4S. The van der Waals surface area contributed by atoms with Crippen molar-refractivity contribution in [1.82, 2.24) is 5.32 Å². The van der Waals surface area contributed by atoms with Crippen LogP contribution in [0.25, 0.3) is 0 Å². The number of nitrogens with one attached hydrogen (secondary N) is 1. The highest BCUT2D eigenvalue weighted by atomic mass is 32.1. The van der Waals surface area contributed by atoms with Crippen molar-refractivity contribution in [2.24, 2.45) is 0 Å². The van der Waals surface area contributed by atoms with Crippen LogP contribution in [-0.4, -0.2) is 36.1 Å². The molecule has 0 aromatic heterocycles. The Morgan fingerprint density at radius 3 is 2.55 bits per heavy atom. The van der Waals surface area contributed by atoms with E-state index in [2.05, 4.69) is 17.4 Å². The first-order valence-electron chi connectivity index (χ1n) is 2.80. The summed E-state index contributed by atoms with van der Waals surface area (Å²) >= 11 is 3.76. The van der Waals surface area contributed by atoms with Crippen LogP contribution in [-0.2, 0) is 9.53 Å². The van der Waals surface area contributed by atoms with Gasteiger partial charge in [0.1, 0.15) is 6.04 Å². The molecule has 0 aromatic carbocycles. The lowest BCUT2D eigenvalue weighted by Crippen LogP contribution is -2.42. The smallest absolute Gasteiger partial charge is 0.405 e. The Hall–Kier alpha value is -0.910. The van der Waals surface area contributed by atoms with Gasteiger partial charge in [0.05, 0.1) is 7.11 Å². The number of hydrogen-bond acceptors (Lipinski definition) is 4. The summed E-state index contributed by atoms with van der Waals surface area (Å²) in [6.45, 7) is 0. The normalized spacial score (nSPS) is 11.8. The molecule has 0 radical (unpaired) electrons. The Morgan fingerprint density at radius 2 is 2.27 bits per heavy atom. The third kappa shape index (κ3) is 3.72. The lowest BCUT2D eigenvalue weighted by atomic mass is 10.3. The minimum absolute atomic E-state index is 0.0823. The molecule has 0 bridgehead atoms. The van der Waals surface area contributed by atoms with Crippen LogP contribution in [0.3, 0.4) is 0 Å². The molecule has 0 spiro atoms. The van der Waals surface area contributed by atoms with Gasteiger partial charge < -0.3 is 15.2 Å². The fourth-order valence-electron chi connectivity index (χ4n) is 0.470. The summed E-state index contributed by atoms with van der Waals surface area (Å²) in [7, 11) is 1.18. The number of rotatable bonds is 3. The van der Waals surface area contributed by atoms with Crippen molar-refractivity contribution in [2.75, 3.05) is 12.9 Å². The molecule has 0 fully saturated rings. The number of amides is 1. The molecule has 0 rings (SSSR count). The minimum Gasteiger partial charge on any atom is -0.467 e. The molecule has 2 N–H and O–H groups in total. The SMILES string of the molecule is COC(=O)C(CS)NC(=O)O. The Morgan fingerprint density at radius 1 is 1.73 bits per heavy atom. The Labute approximate surface area is 69.1 Å². The van der Waals surface area contributed by atoms with E-state index in [-0.39, 0.29) is 5.75 Å². The van der Waals surface area contributed by atoms with Crippen LogP contribution in [0.1, 0.15) is 0 Å². The molecule has 0 saturated carbocycles. The molecule has 0 aliphatic heterocycles. The average Bonchev–Trinajstić information content (AvgIpc) is 1.98. The highest BCUT2D eigenvalue weighted by Crippen LogP contribution is 1.90. The maximum Gasteiger partial charge on any atom is 0.405 e. The zero-order chi connectivity index (χ0) is 8.85. The summed E-state index contributed by atoms with van der Waals surface area (Å²) < 4.78 is 4.29. The van der Waals surface area contributed by atoms with E-state index < -0.39 is 18.1 Å². The summed E-state index contributed by atoms with van der Waals surface area (Å²) in [6.07, 6.45) is -1.27. The van der Waals surface area contributed by atoms with Gasteiger partial charge in [0.25, 0.3) is 0 Å². The van der Waals surface area contributed by atoms with Gasteiger partial charge in [-0.1, -0.05) is 0 Å². The maximum atomic E-state index is 10.7. The standard InChI is InChI=1S/C5H9NO4S/c1-10-4(7)3(2-11)6-5(8)9/h3,6,11H,2H2,1H3,(H,8,9). The van der Waals surface area contributed by atoms with Gasteiger partial charge in [0, 0.05) is 5.75 Å². The van der Waals surface area contributed by atoms with Crippen molar-refractivity contribution < 1.29 is 19.4 Å². The predicted molar refractivity (Wildman–Crippen MR) is 40.8 cm³/mol. The van der Waals surface area contributed by atoms with Crippen molar-refractivity contribution in [3.05, 3.63) is 0 Å². The largest absolute Gasteiger partial charge is 0.467 e. The van der Waals surface area contributed by atoms with Gasteiger partial charge in [0.15, 0.2) is 0 Å². The van der Waals surface area contributed by atoms with Gasteiger partial charge in [-0.05, 0) is 0 Å². The van der Waals surface area contributed by atoms with Crippen molar-refractivity contribution in [3.8, 4) is 0 Å². The highest BCUT2D eigenvalue weighted by molar-refractivity contribution is 7.80. The van der Waals surface area contributed by atoms with E-state index in [1.807, 2.05) is 5.32 Å². The van der Waals surface area contributed by atoms with Crippen LogP contribution in [0.4, 0.5) is 4.79 Å². The Kier molecular flexibility index (Phi) is 4.44. The third-order valence-electron chi connectivity index (χ3n) is 0.966. The van der Waals surface area contributed by atoms with Crippen LogP contribution in [0.5, 0.6) is 0 Å². The van der Waals surface area contributed by atoms with Gasteiger partial charge in [-0.25, -0.2) is 9.59 Å². The molecule has 1 amide bonds. The van der Waals surface area contributed by atoms with Crippen molar-refractivity contribution >= 4 is 24.7 Å². The molecule has 5 nitrogen and oxygen atoms in total. The highest BCUT2D eigenvalue weighted by Gasteiger charge is 2.18. The molecule has 0 saturated heterocycles. The summed E-state index contributed by atoms with van der Waals surface area (Å²) in [4.78, 5) is 20.7. The van der Waals surface area contributed by atoms with Gasteiger partial charge >= 0.3 is 12.1 Å². The number of carboxylic acid groups (broad SMARTS) is 1. The number of thiol groups is 1. The summed E-state index contributed by atoms with van der Waals surface area (Å²) in [5.74, 6) is -0.554. The van der Waals surface area contributed by atoms with Crippen LogP contribution in [0.2, 0.25) is 0 Å². The van der Waals surface area contributed by atoms with E-state index in [1.54, 1.807) is 0 Å². The summed E-state index contributed by atoms with van der Waals surface area (Å²) in [5.41, 5.74) is 0. The summed E-state index contributed by atoms with van der Waals surface area (Å²) in [6, 6.07) is -0.888. The zero-order valence-corrected chi connectivity index (χ0v) is 6.80. The van der Waals surface area contributed by atoms with Gasteiger partial charge in [-0.3, -0.25) is 0 Å². The molecule has 6 heteroatoms. The Bertz CT molecular complexity index is 161. The number of ether oxygens (including phenoxy) is 1. The number of carbonyl (C=O) groups excluding carboxylic acids is 1. The molecular weight excluding hydrogens is 170 g/mol. The van der Waals surface area contributed by atoms with Gasteiger partial charge in [0.2, 0.25) is 0 Å². The zero-order valence-electron chi connectivity index (χ0n) is 5.90. The molecule has 0 heterocycles. The van der Waals surface area contributed by atoms with E-state index >= 15 is 0 Å². The van der Waals surface area contributed by atoms with Crippen molar-refractivity contribution in [3.63, 3.8) is 0 Å². The molecule has 0 aromatic rings. The van der Waals surface area contributed by atoms with E-state index in [1.165, 1.54) is 7.11 Å². The number of carbonyl (C=O) groups is 2. The fourth-order valence-corrected chi connectivity index (χ4v) is 0.711. The number of hydrogen-bond donors (Lipinski definition) is 3. The molecule has 1 atom stereocenters. The van der Waals surface area contributed by atoms with E-state index in [4.69, 9.17) is 5.11 Å². The van der Waals surface area contributed by atoms with Crippen LogP contribution >= 0.6 is 12.6 Å². The van der Waals surface area contributed by atoms with Gasteiger partial charge in [-0.2, -0.15) is 12.6 Å². The first-order chi connectivity index (χ1) is 5.11. The first-order valence-corrected chi connectivity index (χ1v) is 3.43.